The number of hydrogen-bond donors (Lipinski definition) is 7. The van der Waals surface area contributed by atoms with Gasteiger partial charge in [-0.25, -0.2) is 0 Å². The van der Waals surface area contributed by atoms with Crippen LogP contribution in [-0.4, -0.2) is 113 Å². The van der Waals surface area contributed by atoms with Crippen molar-refractivity contribution in [2.75, 3.05) is 56.5 Å². The second kappa shape index (κ2) is 22.3. The molecule has 3 aliphatic rings. The Balaban J connectivity index is 1.15. The zero-order valence-corrected chi connectivity index (χ0v) is 40.0. The van der Waals surface area contributed by atoms with Crippen LogP contribution in [0.15, 0.2) is 90.7 Å². The number of nitrogens with one attached hydrogen (secondary N) is 6. The molecule has 0 spiro atoms. The van der Waals surface area contributed by atoms with Crippen LogP contribution >= 0.6 is 0 Å². The number of aliphatic hydroxyl groups is 1. The quantitative estimate of drug-likeness (QED) is 0.0632. The maximum Gasteiger partial charge on any atom is 0.260 e. The zero-order chi connectivity index (χ0) is 49.4. The summed E-state index contributed by atoms with van der Waals surface area (Å²) in [4.78, 5) is 69.6. The van der Waals surface area contributed by atoms with Crippen molar-refractivity contribution in [3.05, 3.63) is 124 Å². The van der Waals surface area contributed by atoms with Gasteiger partial charge in [0.2, 0.25) is 17.7 Å². The SMILES string of the molecule is C/C=C(/OC)C(OCc1cc(COc2cc3c(cc2OC)C(=O)N2c4ccccc4C[C@H]2C(O)N3)cc(C(=O)N[C@@H](C)C(=O)N[C@@H](C)C(=O)NCCC(=O)NC)c1)N1c2ccccc2C[C@H]1CNC. The summed E-state index contributed by atoms with van der Waals surface area (Å²) in [7, 11) is 6.48. The third-order valence-corrected chi connectivity index (χ3v) is 12.5. The van der Waals surface area contributed by atoms with Crippen molar-refractivity contribution in [3.8, 4) is 11.5 Å². The van der Waals surface area contributed by atoms with E-state index in [1.807, 2.05) is 62.5 Å². The molecular weight excluding hydrogens is 885 g/mol. The van der Waals surface area contributed by atoms with Crippen LogP contribution in [0, 0.1) is 0 Å². The number of para-hydroxylation sites is 2. The van der Waals surface area contributed by atoms with Crippen molar-refractivity contribution in [3.63, 3.8) is 0 Å². The average molecular weight is 947 g/mol. The molecule has 7 rings (SSSR count). The Bertz CT molecular complexity index is 2590. The van der Waals surface area contributed by atoms with Crippen LogP contribution < -0.4 is 51.2 Å². The van der Waals surface area contributed by atoms with E-state index in [1.54, 1.807) is 36.3 Å². The molecule has 7 N–H and O–H groups in total. The van der Waals surface area contributed by atoms with Crippen LogP contribution in [0.4, 0.5) is 17.1 Å². The summed E-state index contributed by atoms with van der Waals surface area (Å²) in [6, 6.07) is 21.7. The van der Waals surface area contributed by atoms with Gasteiger partial charge in [0, 0.05) is 55.6 Å². The Morgan fingerprint density at radius 1 is 0.855 bits per heavy atom. The number of fused-ring (bicyclic) bond motifs is 5. The molecule has 0 saturated heterocycles. The third kappa shape index (κ3) is 11.1. The molecule has 0 bridgehead atoms. The molecule has 18 nitrogen and oxygen atoms in total. The van der Waals surface area contributed by atoms with E-state index in [1.165, 1.54) is 33.6 Å². The Hall–Kier alpha value is -7.15. The van der Waals surface area contributed by atoms with Gasteiger partial charge in [-0.1, -0.05) is 42.5 Å². The number of nitrogens with zero attached hydrogens (tertiary/aromatic N) is 2. The molecule has 0 aromatic heterocycles. The van der Waals surface area contributed by atoms with Gasteiger partial charge in [-0.05, 0) is 99.3 Å². The van der Waals surface area contributed by atoms with Crippen LogP contribution in [-0.2, 0) is 49.9 Å². The lowest BCUT2D eigenvalue weighted by atomic mass is 10.0. The highest BCUT2D eigenvalue weighted by Gasteiger charge is 2.42. The lowest BCUT2D eigenvalue weighted by molar-refractivity contribution is -0.129. The summed E-state index contributed by atoms with van der Waals surface area (Å²) in [5.41, 5.74) is 5.95. The summed E-state index contributed by atoms with van der Waals surface area (Å²) in [5.74, 6) is -1.04. The minimum atomic E-state index is -1.08. The normalized spacial score (nSPS) is 18.2. The van der Waals surface area contributed by atoms with Gasteiger partial charge in [0.15, 0.2) is 17.7 Å². The van der Waals surface area contributed by atoms with E-state index >= 15 is 0 Å². The highest BCUT2D eigenvalue weighted by Crippen LogP contribution is 2.42. The smallest absolute Gasteiger partial charge is 0.260 e. The molecule has 0 aliphatic carbocycles. The van der Waals surface area contributed by atoms with Crippen LogP contribution in [0.2, 0.25) is 0 Å². The van der Waals surface area contributed by atoms with E-state index in [0.717, 1.165) is 23.4 Å². The summed E-state index contributed by atoms with van der Waals surface area (Å²) >= 11 is 0. The first-order valence-corrected chi connectivity index (χ1v) is 23.0. The predicted molar refractivity (Wildman–Crippen MR) is 260 cm³/mol. The Morgan fingerprint density at radius 3 is 2.22 bits per heavy atom. The molecular formula is C51H62N8O10. The highest BCUT2D eigenvalue weighted by molar-refractivity contribution is 6.12. The maximum atomic E-state index is 14.1. The van der Waals surface area contributed by atoms with Gasteiger partial charge in [-0.15, -0.1) is 0 Å². The monoisotopic (exact) mass is 946 g/mol. The van der Waals surface area contributed by atoms with Crippen molar-refractivity contribution < 1.29 is 48.0 Å². The second-order valence-corrected chi connectivity index (χ2v) is 17.2. The number of anilines is 3. The average Bonchev–Trinajstić information content (AvgIpc) is 3.90. The second-order valence-electron chi connectivity index (χ2n) is 17.2. The Kier molecular flexibility index (Phi) is 16.1. The van der Waals surface area contributed by atoms with Crippen molar-refractivity contribution >= 4 is 46.6 Å². The minimum absolute atomic E-state index is 0.0277. The zero-order valence-electron chi connectivity index (χ0n) is 40.0. The standard InChI is InChI=1S/C51H62N8O10/c1-8-42(66-6)51(58-36(26-52-4)22-33-13-9-11-15-39(33)58)69-28-32-19-31(20-35(21-32)48(63)56-30(3)47(62)55-29(2)46(61)54-18-17-45(60)53-5)27-68-44-25-38-37(24-43(44)67-7)50(65)59-40-16-12-10-14-34(40)23-41(59)49(64)57-38/h8-16,19-21,24-25,29-30,36,41,49,51-52,57,64H,17-18,22-23,26-28H2,1-7H3,(H,53,60)(H,54,61)(H,55,62)(H,56,63)/b42-8+/t29-,30-,36-,41-,49?,51?/m0/s1. The molecule has 3 aliphatic heterocycles. The summed E-state index contributed by atoms with van der Waals surface area (Å²) in [5, 5.41) is 28.3. The number of rotatable bonds is 20. The van der Waals surface area contributed by atoms with Crippen molar-refractivity contribution in [1.82, 2.24) is 26.6 Å². The van der Waals surface area contributed by atoms with Crippen LogP contribution in [0.3, 0.4) is 0 Å². The topological polar surface area (TPSA) is 221 Å². The highest BCUT2D eigenvalue weighted by atomic mass is 16.5. The van der Waals surface area contributed by atoms with Gasteiger partial charge in [-0.2, -0.15) is 0 Å². The van der Waals surface area contributed by atoms with Crippen LogP contribution in [0.1, 0.15) is 70.2 Å². The number of methoxy groups -OCH3 is 2. The molecule has 4 aromatic carbocycles. The first-order valence-electron chi connectivity index (χ1n) is 23.0. The van der Waals surface area contributed by atoms with E-state index in [4.69, 9.17) is 18.9 Å². The number of carbonyl (C=O) groups excluding carboxylic acids is 5. The first kappa shape index (κ1) is 49.7. The number of allylic oxidation sites excluding steroid dienone is 1. The van der Waals surface area contributed by atoms with Crippen LogP contribution in [0.5, 0.6) is 11.5 Å². The third-order valence-electron chi connectivity index (χ3n) is 12.5. The van der Waals surface area contributed by atoms with Gasteiger partial charge in [0.05, 0.1) is 38.1 Å². The number of aliphatic hydroxyl groups excluding tert-OH is 1. The van der Waals surface area contributed by atoms with Crippen molar-refractivity contribution in [1.29, 1.82) is 0 Å². The molecule has 3 heterocycles. The van der Waals surface area contributed by atoms with Crippen LogP contribution in [0.25, 0.3) is 0 Å². The minimum Gasteiger partial charge on any atom is -0.497 e. The Labute approximate surface area is 402 Å². The number of likely N-dealkylation sites (N-methyl/N-ethyl adjacent to an activating group) is 1. The fourth-order valence-electron chi connectivity index (χ4n) is 9.03. The van der Waals surface area contributed by atoms with E-state index in [0.29, 0.717) is 41.1 Å². The molecule has 4 aromatic rings. The van der Waals surface area contributed by atoms with E-state index in [9.17, 15) is 29.1 Å². The molecule has 69 heavy (non-hydrogen) atoms. The van der Waals surface area contributed by atoms with Gasteiger partial charge >= 0.3 is 0 Å². The molecule has 366 valence electrons. The summed E-state index contributed by atoms with van der Waals surface area (Å²) in [6.07, 6.45) is 1.49. The van der Waals surface area contributed by atoms with E-state index in [2.05, 4.69) is 48.9 Å². The molecule has 6 atom stereocenters. The maximum absolute atomic E-state index is 14.1. The lowest BCUT2D eigenvalue weighted by Crippen LogP contribution is -2.51. The van der Waals surface area contributed by atoms with Crippen molar-refractivity contribution in [2.45, 2.75) is 89.9 Å². The van der Waals surface area contributed by atoms with E-state index < -0.39 is 48.3 Å². The fraction of sp³-hybridized carbons (Fsp3) is 0.392. The largest absolute Gasteiger partial charge is 0.497 e. The number of hydrogen-bond acceptors (Lipinski definition) is 13. The molecule has 0 saturated carbocycles. The van der Waals surface area contributed by atoms with Crippen molar-refractivity contribution in [2.24, 2.45) is 0 Å². The number of benzene rings is 4. The molecule has 2 unspecified atom stereocenters. The summed E-state index contributed by atoms with van der Waals surface area (Å²) in [6.45, 7) is 5.62. The van der Waals surface area contributed by atoms with Gasteiger partial charge in [0.25, 0.3) is 11.8 Å². The van der Waals surface area contributed by atoms with Gasteiger partial charge in [0.1, 0.15) is 30.7 Å². The van der Waals surface area contributed by atoms with Gasteiger partial charge in [-0.3, -0.25) is 24.0 Å². The first-order chi connectivity index (χ1) is 33.3. The molecule has 0 radical (unpaired) electrons. The predicted octanol–water partition coefficient (Wildman–Crippen LogP) is 3.51. The molecule has 0 fully saturated rings. The molecule has 18 heteroatoms. The molecule has 5 amide bonds. The van der Waals surface area contributed by atoms with E-state index in [-0.39, 0.29) is 61.1 Å². The van der Waals surface area contributed by atoms with Gasteiger partial charge < -0.3 is 65.8 Å². The lowest BCUT2D eigenvalue weighted by Gasteiger charge is -2.36. The summed E-state index contributed by atoms with van der Waals surface area (Å²) < 4.78 is 24.8. The Morgan fingerprint density at radius 2 is 1.54 bits per heavy atom. The number of amides is 5. The number of ether oxygens (including phenoxy) is 4. The fourth-order valence-corrected chi connectivity index (χ4v) is 9.03. The number of carbonyl (C=O) groups is 5.